The maximum atomic E-state index is 9.55. The van der Waals surface area contributed by atoms with Crippen molar-refractivity contribution in [2.45, 2.75) is 26.2 Å². The van der Waals surface area contributed by atoms with E-state index in [0.717, 1.165) is 12.8 Å². The summed E-state index contributed by atoms with van der Waals surface area (Å²) in [5.74, 6) is -0.361. The van der Waals surface area contributed by atoms with Gasteiger partial charge < -0.3 is 10.2 Å². The number of carboxylic acid groups (broad SMARTS) is 1. The summed E-state index contributed by atoms with van der Waals surface area (Å²) in [6.45, 7) is 2.40. The van der Waals surface area contributed by atoms with Crippen molar-refractivity contribution >= 4 is 18.6 Å². The van der Waals surface area contributed by atoms with Crippen LogP contribution < -0.4 is 0 Å². The molecular formula is C7H16O3S. The third-order valence-corrected chi connectivity index (χ3v) is 1.06. The van der Waals surface area contributed by atoms with E-state index in [4.69, 9.17) is 10.2 Å². The highest BCUT2D eigenvalue weighted by Crippen LogP contribution is 1.79. The molecule has 0 saturated carbocycles. The lowest BCUT2D eigenvalue weighted by molar-refractivity contribution is -0.136. The van der Waals surface area contributed by atoms with Crippen LogP contribution in [0.25, 0.3) is 0 Å². The first-order valence-corrected chi connectivity index (χ1v) is 4.25. The molecular weight excluding hydrogens is 164 g/mol. The van der Waals surface area contributed by atoms with Crippen LogP contribution in [0.2, 0.25) is 0 Å². The second kappa shape index (κ2) is 12.5. The molecule has 0 atom stereocenters. The van der Waals surface area contributed by atoms with Gasteiger partial charge in [-0.25, -0.2) is 0 Å². The second-order valence-electron chi connectivity index (χ2n) is 1.94. The van der Waals surface area contributed by atoms with E-state index >= 15 is 0 Å². The molecule has 0 amide bonds. The number of rotatable bonds is 4. The third kappa shape index (κ3) is 25.9. The molecule has 3 nitrogen and oxygen atoms in total. The Morgan fingerprint density at radius 2 is 2.09 bits per heavy atom. The number of unbranched alkanes of at least 4 members (excludes halogenated alkanes) is 1. The zero-order chi connectivity index (χ0) is 9.11. The van der Waals surface area contributed by atoms with Gasteiger partial charge in [-0.05, 0) is 6.42 Å². The molecule has 0 aromatic carbocycles. The molecule has 0 aliphatic rings. The Labute approximate surface area is 72.8 Å². The van der Waals surface area contributed by atoms with Gasteiger partial charge in [0.2, 0.25) is 0 Å². The average molecular weight is 180 g/mol. The van der Waals surface area contributed by atoms with Crippen LogP contribution in [0.3, 0.4) is 0 Å². The van der Waals surface area contributed by atoms with Crippen LogP contribution in [0, 0.1) is 0 Å². The van der Waals surface area contributed by atoms with Crippen LogP contribution >= 0.6 is 12.6 Å². The van der Waals surface area contributed by atoms with Crippen molar-refractivity contribution < 1.29 is 15.0 Å². The van der Waals surface area contributed by atoms with Crippen molar-refractivity contribution in [2.24, 2.45) is 0 Å². The van der Waals surface area contributed by atoms with E-state index in [1.54, 1.807) is 0 Å². The summed E-state index contributed by atoms with van der Waals surface area (Å²) in [4.78, 5) is 9.55. The van der Waals surface area contributed by atoms with Gasteiger partial charge in [0.1, 0.15) is 0 Å². The van der Waals surface area contributed by atoms with Crippen molar-refractivity contribution in [3.8, 4) is 0 Å². The number of carboxylic acids is 1. The highest BCUT2D eigenvalue weighted by Gasteiger charge is 1.88. The maximum absolute atomic E-state index is 9.55. The van der Waals surface area contributed by atoms with E-state index < -0.39 is 5.97 Å². The molecule has 0 aromatic heterocycles. The van der Waals surface area contributed by atoms with Crippen molar-refractivity contribution in [1.82, 2.24) is 0 Å². The van der Waals surface area contributed by atoms with Crippen LogP contribution in [0.1, 0.15) is 26.2 Å². The quantitative estimate of drug-likeness (QED) is 0.569. The zero-order valence-corrected chi connectivity index (χ0v) is 7.68. The first-order valence-electron chi connectivity index (χ1n) is 3.62. The Morgan fingerprint density at radius 1 is 1.55 bits per heavy atom. The molecule has 0 bridgehead atoms. The third-order valence-electron chi connectivity index (χ3n) is 0.837. The molecule has 0 fully saturated rings. The molecule has 2 N–H and O–H groups in total. The van der Waals surface area contributed by atoms with Gasteiger partial charge in [0.15, 0.2) is 0 Å². The predicted octanol–water partition coefficient (Wildman–Crippen LogP) is 1.17. The summed E-state index contributed by atoms with van der Waals surface area (Å²) >= 11 is 3.68. The van der Waals surface area contributed by atoms with Crippen molar-refractivity contribution in [2.75, 3.05) is 12.4 Å². The molecule has 0 heterocycles. The lowest BCUT2D eigenvalue weighted by Gasteiger charge is -1.79. The number of hydrogen-bond acceptors (Lipinski definition) is 3. The van der Waals surface area contributed by atoms with E-state index in [9.17, 15) is 4.79 Å². The Morgan fingerprint density at radius 3 is 2.09 bits per heavy atom. The highest BCUT2D eigenvalue weighted by molar-refractivity contribution is 7.80. The van der Waals surface area contributed by atoms with E-state index in [-0.39, 0.29) is 6.42 Å². The van der Waals surface area contributed by atoms with E-state index in [0.29, 0.717) is 12.4 Å². The normalized spacial score (nSPS) is 8.27. The molecule has 0 aliphatic heterocycles. The highest BCUT2D eigenvalue weighted by atomic mass is 32.1. The number of aliphatic hydroxyl groups is 1. The summed E-state index contributed by atoms with van der Waals surface area (Å²) in [7, 11) is 0. The number of aliphatic carboxylic acids is 1. The Balaban J connectivity index is 0. The van der Waals surface area contributed by atoms with Gasteiger partial charge in [-0.1, -0.05) is 13.3 Å². The molecule has 0 aromatic rings. The van der Waals surface area contributed by atoms with Gasteiger partial charge >= 0.3 is 5.97 Å². The maximum Gasteiger partial charge on any atom is 0.304 e. The molecule has 11 heavy (non-hydrogen) atoms. The fraction of sp³-hybridized carbons (Fsp3) is 0.857. The zero-order valence-electron chi connectivity index (χ0n) is 6.79. The largest absolute Gasteiger partial charge is 0.481 e. The van der Waals surface area contributed by atoms with Gasteiger partial charge in [0, 0.05) is 12.4 Å². The monoisotopic (exact) mass is 180 g/mol. The predicted molar refractivity (Wildman–Crippen MR) is 48.1 cm³/mol. The van der Waals surface area contributed by atoms with Gasteiger partial charge in [0.05, 0.1) is 6.42 Å². The summed E-state index contributed by atoms with van der Waals surface area (Å²) in [6.07, 6.45) is 2.19. The average Bonchev–Trinajstić information content (AvgIpc) is 1.90. The van der Waals surface area contributed by atoms with Gasteiger partial charge in [-0.2, -0.15) is 12.6 Å². The molecule has 0 aliphatic carbocycles. The van der Waals surface area contributed by atoms with E-state index in [1.807, 2.05) is 0 Å². The van der Waals surface area contributed by atoms with Crippen molar-refractivity contribution in [1.29, 1.82) is 0 Å². The minimum atomic E-state index is -0.787. The van der Waals surface area contributed by atoms with Crippen LogP contribution in [0.4, 0.5) is 0 Å². The fourth-order valence-electron chi connectivity index (χ4n) is 0.254. The molecule has 68 valence electrons. The lowest BCUT2D eigenvalue weighted by atomic mass is 10.4. The molecule has 0 spiro atoms. The molecule has 0 saturated heterocycles. The van der Waals surface area contributed by atoms with Crippen molar-refractivity contribution in [3.05, 3.63) is 0 Å². The second-order valence-corrected chi connectivity index (χ2v) is 2.39. The molecule has 0 radical (unpaired) electrons. The van der Waals surface area contributed by atoms with Crippen LogP contribution in [-0.4, -0.2) is 28.5 Å². The van der Waals surface area contributed by atoms with Crippen LogP contribution in [0.15, 0.2) is 0 Å². The summed E-state index contributed by atoms with van der Waals surface area (Å²) in [5.41, 5.74) is 0. The van der Waals surface area contributed by atoms with Crippen molar-refractivity contribution in [3.63, 3.8) is 0 Å². The fourth-order valence-corrected chi connectivity index (χ4v) is 0.445. The smallest absolute Gasteiger partial charge is 0.304 e. The molecule has 4 heteroatoms. The lowest BCUT2D eigenvalue weighted by Crippen LogP contribution is -1.93. The number of thiol groups is 1. The Hall–Kier alpha value is -0.220. The van der Waals surface area contributed by atoms with E-state index in [2.05, 4.69) is 19.6 Å². The van der Waals surface area contributed by atoms with Crippen LogP contribution in [-0.2, 0) is 4.79 Å². The SMILES string of the molecule is CCCCO.O=C(O)CCS. The number of carbonyl (C=O) groups is 1. The number of aliphatic hydroxyl groups excluding tert-OH is 1. The summed E-state index contributed by atoms with van der Waals surface area (Å²) < 4.78 is 0. The first-order chi connectivity index (χ1) is 5.18. The number of hydrogen-bond donors (Lipinski definition) is 3. The Bertz CT molecular complexity index is 83.8. The van der Waals surface area contributed by atoms with Crippen LogP contribution in [0.5, 0.6) is 0 Å². The Kier molecular flexibility index (Phi) is 15.1. The summed E-state index contributed by atoms with van der Waals surface area (Å²) in [5, 5.41) is 15.9. The standard InChI is InChI=1S/C4H10O.C3H6O2S/c1-2-3-4-5;4-3(5)1-2-6/h5H,2-4H2,1H3;6H,1-2H2,(H,4,5). The van der Waals surface area contributed by atoms with Gasteiger partial charge in [-0.15, -0.1) is 0 Å². The molecule has 0 rings (SSSR count). The van der Waals surface area contributed by atoms with Gasteiger partial charge in [0.25, 0.3) is 0 Å². The summed E-state index contributed by atoms with van der Waals surface area (Å²) in [6, 6.07) is 0. The minimum Gasteiger partial charge on any atom is -0.481 e. The minimum absolute atomic E-state index is 0.156. The van der Waals surface area contributed by atoms with E-state index in [1.165, 1.54) is 0 Å². The van der Waals surface area contributed by atoms with Gasteiger partial charge in [-0.3, -0.25) is 4.79 Å². The molecule has 0 unspecified atom stereocenters. The first kappa shape index (κ1) is 13.4. The topological polar surface area (TPSA) is 57.5 Å².